The van der Waals surface area contributed by atoms with Crippen molar-refractivity contribution in [2.45, 2.75) is 33.6 Å². The first kappa shape index (κ1) is 9.31. The van der Waals surface area contributed by atoms with Crippen LogP contribution < -0.4 is 0 Å². The van der Waals surface area contributed by atoms with Crippen molar-refractivity contribution in [1.29, 1.82) is 0 Å². The Kier molecular flexibility index (Phi) is 3.33. The highest BCUT2D eigenvalue weighted by Crippen LogP contribution is 2.30. The van der Waals surface area contributed by atoms with E-state index in [1.54, 1.807) is 0 Å². The van der Waals surface area contributed by atoms with Gasteiger partial charge < -0.3 is 0 Å². The smallest absolute Gasteiger partial charge is 0.000735 e. The molecule has 12 heavy (non-hydrogen) atoms. The van der Waals surface area contributed by atoms with Gasteiger partial charge in [0.15, 0.2) is 0 Å². The highest BCUT2D eigenvalue weighted by Gasteiger charge is 2.15. The molecule has 1 aliphatic carbocycles. The summed E-state index contributed by atoms with van der Waals surface area (Å²) in [7, 11) is 0. The Hall–Kier alpha value is -0.780. The first-order valence-electron chi connectivity index (χ1n) is 4.74. The van der Waals surface area contributed by atoms with Crippen LogP contribution in [0.5, 0.6) is 0 Å². The second kappa shape index (κ2) is 4.30. The fourth-order valence-corrected chi connectivity index (χ4v) is 1.25. The Morgan fingerprint density at radius 3 is 2.75 bits per heavy atom. The third-order valence-electron chi connectivity index (χ3n) is 2.21. The number of hydrogen-bond acceptors (Lipinski definition) is 0. The number of rotatable bonds is 4. The van der Waals surface area contributed by atoms with Gasteiger partial charge in [0, 0.05) is 0 Å². The molecular formula is C12H18. The largest absolute Gasteiger partial charge is 0.0917 e. The second-order valence-electron chi connectivity index (χ2n) is 3.55. The maximum Gasteiger partial charge on any atom is -0.000735 e. The Morgan fingerprint density at radius 2 is 2.25 bits per heavy atom. The summed E-state index contributed by atoms with van der Waals surface area (Å²) in [4.78, 5) is 0. The van der Waals surface area contributed by atoms with Crippen LogP contribution in [0, 0.1) is 5.92 Å². The summed E-state index contributed by atoms with van der Waals surface area (Å²) in [6, 6.07) is 0. The monoisotopic (exact) mass is 162 g/mol. The fourth-order valence-electron chi connectivity index (χ4n) is 1.25. The first-order valence-corrected chi connectivity index (χ1v) is 4.74. The highest BCUT2D eigenvalue weighted by atomic mass is 14.2. The summed E-state index contributed by atoms with van der Waals surface area (Å²) in [5, 5.41) is 0. The lowest BCUT2D eigenvalue weighted by atomic mass is 10.1. The Balaban J connectivity index is 2.23. The average Bonchev–Trinajstić information content (AvgIpc) is 2.67. The Labute approximate surface area is 75.7 Å². The fraction of sp³-hybridized carbons (Fsp3) is 0.500. The molecular weight excluding hydrogens is 144 g/mol. The summed E-state index contributed by atoms with van der Waals surface area (Å²) in [5.74, 6) is 0.752. The number of hydrogen-bond donors (Lipinski definition) is 0. The number of allylic oxidation sites excluding steroid dienone is 6. The van der Waals surface area contributed by atoms with Gasteiger partial charge in [-0.15, -0.1) is 0 Å². The molecule has 1 aliphatic rings. The molecule has 66 valence electrons. The molecule has 0 saturated carbocycles. The zero-order valence-electron chi connectivity index (χ0n) is 8.30. The summed E-state index contributed by atoms with van der Waals surface area (Å²) in [5.41, 5.74) is 3.02. The minimum absolute atomic E-state index is 0.752. The van der Waals surface area contributed by atoms with Gasteiger partial charge in [0.25, 0.3) is 0 Å². The third-order valence-corrected chi connectivity index (χ3v) is 2.21. The van der Waals surface area contributed by atoms with E-state index in [4.69, 9.17) is 0 Å². The molecule has 0 bridgehead atoms. The molecule has 0 amide bonds. The van der Waals surface area contributed by atoms with Crippen LogP contribution in [0.25, 0.3) is 0 Å². The highest BCUT2D eigenvalue weighted by molar-refractivity contribution is 5.39. The predicted octanol–water partition coefficient (Wildman–Crippen LogP) is 3.87. The summed E-state index contributed by atoms with van der Waals surface area (Å²) >= 11 is 0. The van der Waals surface area contributed by atoms with Crippen molar-refractivity contribution >= 4 is 0 Å². The van der Waals surface area contributed by atoms with E-state index in [0.29, 0.717) is 0 Å². The molecule has 0 heteroatoms. The van der Waals surface area contributed by atoms with Gasteiger partial charge in [0.2, 0.25) is 0 Å². The van der Waals surface area contributed by atoms with Crippen molar-refractivity contribution in [3.8, 4) is 0 Å². The van der Waals surface area contributed by atoms with Crippen LogP contribution in [0.4, 0.5) is 0 Å². The van der Waals surface area contributed by atoms with Crippen LogP contribution in [0.3, 0.4) is 0 Å². The molecule has 0 aromatic heterocycles. The zero-order valence-corrected chi connectivity index (χ0v) is 8.30. The van der Waals surface area contributed by atoms with Gasteiger partial charge in [-0.1, -0.05) is 36.8 Å². The quantitative estimate of drug-likeness (QED) is 0.550. The maximum atomic E-state index is 2.33. The molecule has 0 N–H and O–H groups in total. The molecule has 0 heterocycles. The molecule has 0 fully saturated rings. The lowest BCUT2D eigenvalue weighted by Crippen LogP contribution is -1.76. The summed E-state index contributed by atoms with van der Waals surface area (Å²) < 4.78 is 0. The molecule has 1 rings (SSSR count). The minimum atomic E-state index is 0.752. The van der Waals surface area contributed by atoms with E-state index >= 15 is 0 Å². The average molecular weight is 162 g/mol. The van der Waals surface area contributed by atoms with Gasteiger partial charge >= 0.3 is 0 Å². The zero-order chi connectivity index (χ0) is 8.97. The molecule has 0 saturated heterocycles. The summed E-state index contributed by atoms with van der Waals surface area (Å²) in [6.45, 7) is 6.53. The van der Waals surface area contributed by atoms with E-state index in [-0.39, 0.29) is 0 Å². The van der Waals surface area contributed by atoms with Gasteiger partial charge in [-0.25, -0.2) is 0 Å². The minimum Gasteiger partial charge on any atom is -0.0917 e. The first-order chi connectivity index (χ1) is 5.74. The van der Waals surface area contributed by atoms with Crippen LogP contribution in [-0.4, -0.2) is 0 Å². The van der Waals surface area contributed by atoms with Crippen molar-refractivity contribution in [2.75, 3.05) is 0 Å². The van der Waals surface area contributed by atoms with E-state index in [9.17, 15) is 0 Å². The SMILES string of the molecule is CC=CCCC(C)=CC1=CC1C. The molecule has 1 atom stereocenters. The lowest BCUT2D eigenvalue weighted by Gasteiger charge is -1.95. The summed E-state index contributed by atoms with van der Waals surface area (Å²) in [6.07, 6.45) is 11.4. The van der Waals surface area contributed by atoms with Gasteiger partial charge in [-0.2, -0.15) is 0 Å². The topological polar surface area (TPSA) is 0 Å². The van der Waals surface area contributed by atoms with E-state index in [2.05, 4.69) is 45.1 Å². The van der Waals surface area contributed by atoms with Crippen LogP contribution >= 0.6 is 0 Å². The molecule has 0 aromatic carbocycles. The molecule has 0 aromatic rings. The maximum absolute atomic E-state index is 2.33. The lowest BCUT2D eigenvalue weighted by molar-refractivity contribution is 0.967. The third kappa shape index (κ3) is 3.08. The van der Waals surface area contributed by atoms with Gasteiger partial charge in [-0.05, 0) is 38.2 Å². The van der Waals surface area contributed by atoms with E-state index in [0.717, 1.165) is 5.92 Å². The van der Waals surface area contributed by atoms with Gasteiger partial charge in [0.05, 0.1) is 0 Å². The van der Waals surface area contributed by atoms with Crippen LogP contribution in [0.1, 0.15) is 33.6 Å². The van der Waals surface area contributed by atoms with Crippen LogP contribution in [-0.2, 0) is 0 Å². The second-order valence-corrected chi connectivity index (χ2v) is 3.55. The van der Waals surface area contributed by atoms with Crippen molar-refractivity contribution in [1.82, 2.24) is 0 Å². The molecule has 0 spiro atoms. The molecule has 0 aliphatic heterocycles. The van der Waals surface area contributed by atoms with E-state index < -0.39 is 0 Å². The Morgan fingerprint density at radius 1 is 1.58 bits per heavy atom. The predicted molar refractivity (Wildman–Crippen MR) is 55.1 cm³/mol. The molecule has 0 nitrogen and oxygen atoms in total. The van der Waals surface area contributed by atoms with Crippen molar-refractivity contribution in [2.24, 2.45) is 5.92 Å². The van der Waals surface area contributed by atoms with Crippen LogP contribution in [0.15, 0.2) is 35.5 Å². The van der Waals surface area contributed by atoms with Crippen molar-refractivity contribution in [3.63, 3.8) is 0 Å². The Bertz CT molecular complexity index is 228. The van der Waals surface area contributed by atoms with Crippen molar-refractivity contribution < 1.29 is 0 Å². The van der Waals surface area contributed by atoms with Crippen LogP contribution in [0.2, 0.25) is 0 Å². The standard InChI is InChI=1S/C12H18/c1-4-5-6-7-10(2)8-12-9-11(12)3/h4-5,8-9,11H,6-7H2,1-3H3. The van der Waals surface area contributed by atoms with E-state index in [1.807, 2.05) is 0 Å². The molecule has 0 radical (unpaired) electrons. The van der Waals surface area contributed by atoms with Gasteiger partial charge in [-0.3, -0.25) is 0 Å². The van der Waals surface area contributed by atoms with E-state index in [1.165, 1.54) is 24.0 Å². The molecule has 1 unspecified atom stereocenters. The van der Waals surface area contributed by atoms with Crippen molar-refractivity contribution in [3.05, 3.63) is 35.5 Å². The normalized spacial score (nSPS) is 23.1. The van der Waals surface area contributed by atoms with Gasteiger partial charge in [0.1, 0.15) is 0 Å².